The maximum absolute atomic E-state index is 12.7. The first-order chi connectivity index (χ1) is 13.7. The van der Waals surface area contributed by atoms with E-state index in [-0.39, 0.29) is 41.9 Å². The summed E-state index contributed by atoms with van der Waals surface area (Å²) in [5.41, 5.74) is 0.547. The quantitative estimate of drug-likeness (QED) is 0.385. The summed E-state index contributed by atoms with van der Waals surface area (Å²) in [6.07, 6.45) is 0. The number of carbonyl (C=O) groups excluding carboxylic acids is 2. The smallest absolute Gasteiger partial charge is 0.338 e. The van der Waals surface area contributed by atoms with E-state index in [1.807, 2.05) is 13.8 Å². The molecule has 1 aromatic rings. The molecule has 1 unspecified atom stereocenters. The van der Waals surface area contributed by atoms with Crippen LogP contribution in [0.4, 0.5) is 10.5 Å². The van der Waals surface area contributed by atoms with Crippen LogP contribution in [0.3, 0.4) is 0 Å². The fourth-order valence-corrected chi connectivity index (χ4v) is 3.08. The van der Waals surface area contributed by atoms with Gasteiger partial charge < -0.3 is 24.8 Å². The zero-order chi connectivity index (χ0) is 21.7. The molecule has 0 saturated heterocycles. The highest BCUT2D eigenvalue weighted by atomic mass is 16.6. The van der Waals surface area contributed by atoms with Gasteiger partial charge in [-0.3, -0.25) is 10.1 Å². The maximum atomic E-state index is 12.7. The van der Waals surface area contributed by atoms with Gasteiger partial charge in [0.25, 0.3) is 0 Å². The topological polar surface area (TPSA) is 129 Å². The van der Waals surface area contributed by atoms with Crippen LogP contribution in [-0.2, 0) is 9.53 Å². The molecule has 1 aliphatic heterocycles. The maximum Gasteiger partial charge on any atom is 0.338 e. The van der Waals surface area contributed by atoms with Crippen LogP contribution in [0.2, 0.25) is 0 Å². The second-order valence-electron chi connectivity index (χ2n) is 6.50. The normalized spacial score (nSPS) is 16.2. The Morgan fingerprint density at radius 3 is 2.48 bits per heavy atom. The lowest BCUT2D eigenvalue weighted by molar-refractivity contribution is -0.386. The lowest BCUT2D eigenvalue weighted by atomic mass is 9.91. The molecular weight excluding hydrogens is 382 g/mol. The summed E-state index contributed by atoms with van der Waals surface area (Å²) in [5, 5.41) is 16.9. The molecule has 1 heterocycles. The molecule has 29 heavy (non-hydrogen) atoms. The molecule has 0 fully saturated rings. The average molecular weight is 407 g/mol. The second kappa shape index (κ2) is 9.26. The zero-order valence-electron chi connectivity index (χ0n) is 17.0. The Balaban J connectivity index is 2.73. The van der Waals surface area contributed by atoms with Crippen molar-refractivity contribution in [1.82, 2.24) is 10.6 Å². The van der Waals surface area contributed by atoms with E-state index in [2.05, 4.69) is 10.6 Å². The Morgan fingerprint density at radius 2 is 1.97 bits per heavy atom. The number of benzene rings is 1. The molecule has 10 nitrogen and oxygen atoms in total. The summed E-state index contributed by atoms with van der Waals surface area (Å²) >= 11 is 0. The molecular formula is C19H25N3O7. The minimum Gasteiger partial charge on any atom is -0.493 e. The van der Waals surface area contributed by atoms with Crippen molar-refractivity contribution in [2.75, 3.05) is 20.3 Å². The Morgan fingerprint density at radius 1 is 1.28 bits per heavy atom. The minimum absolute atomic E-state index is 0.0187. The molecule has 2 amide bonds. The fraction of sp³-hybridized carbons (Fsp3) is 0.474. The van der Waals surface area contributed by atoms with E-state index in [0.717, 1.165) is 0 Å². The molecule has 0 radical (unpaired) electrons. The molecule has 2 rings (SSSR count). The van der Waals surface area contributed by atoms with Gasteiger partial charge in [0.05, 0.1) is 36.9 Å². The first-order valence-corrected chi connectivity index (χ1v) is 9.22. The van der Waals surface area contributed by atoms with Gasteiger partial charge in [0, 0.05) is 11.8 Å². The molecule has 1 aliphatic rings. The number of nitrogens with one attached hydrogen (secondary N) is 2. The Bertz CT molecular complexity index is 848. The highest BCUT2D eigenvalue weighted by Crippen LogP contribution is 2.42. The highest BCUT2D eigenvalue weighted by molar-refractivity contribution is 5.95. The first kappa shape index (κ1) is 22.0. The van der Waals surface area contributed by atoms with E-state index in [4.69, 9.17) is 14.2 Å². The van der Waals surface area contributed by atoms with Gasteiger partial charge in [-0.25, -0.2) is 9.59 Å². The molecule has 1 aromatic carbocycles. The van der Waals surface area contributed by atoms with Crippen LogP contribution in [0.25, 0.3) is 0 Å². The van der Waals surface area contributed by atoms with Crippen molar-refractivity contribution in [1.29, 1.82) is 0 Å². The van der Waals surface area contributed by atoms with Crippen LogP contribution in [-0.4, -0.2) is 37.2 Å². The number of carbonyl (C=O) groups is 2. The van der Waals surface area contributed by atoms with Crippen molar-refractivity contribution in [3.05, 3.63) is 39.1 Å². The Kier molecular flexibility index (Phi) is 7.03. The van der Waals surface area contributed by atoms with Crippen LogP contribution in [0, 0.1) is 16.0 Å². The van der Waals surface area contributed by atoms with Gasteiger partial charge in [-0.15, -0.1) is 0 Å². The number of rotatable bonds is 8. The molecule has 0 spiro atoms. The van der Waals surface area contributed by atoms with Crippen LogP contribution in [0.5, 0.6) is 11.5 Å². The van der Waals surface area contributed by atoms with Crippen molar-refractivity contribution < 1.29 is 28.7 Å². The van der Waals surface area contributed by atoms with E-state index in [0.29, 0.717) is 11.3 Å². The number of allylic oxidation sites excluding steroid dienone is 1. The molecule has 0 bridgehead atoms. The monoisotopic (exact) mass is 407 g/mol. The van der Waals surface area contributed by atoms with Crippen molar-refractivity contribution in [3.8, 4) is 11.5 Å². The van der Waals surface area contributed by atoms with Gasteiger partial charge in [0.1, 0.15) is 0 Å². The molecule has 1 atom stereocenters. The Hall–Kier alpha value is -3.30. The molecule has 10 heteroatoms. The summed E-state index contributed by atoms with van der Waals surface area (Å²) in [7, 11) is 1.36. The number of nitrogens with zero attached hydrogens (tertiary/aromatic N) is 1. The fourth-order valence-electron chi connectivity index (χ4n) is 3.08. The highest BCUT2D eigenvalue weighted by Gasteiger charge is 2.36. The van der Waals surface area contributed by atoms with Crippen molar-refractivity contribution in [3.63, 3.8) is 0 Å². The summed E-state index contributed by atoms with van der Waals surface area (Å²) < 4.78 is 15.8. The van der Waals surface area contributed by atoms with Gasteiger partial charge in [-0.05, 0) is 31.4 Å². The third-order valence-electron chi connectivity index (χ3n) is 4.27. The number of urea groups is 1. The third-order valence-corrected chi connectivity index (χ3v) is 4.27. The van der Waals surface area contributed by atoms with E-state index in [1.165, 1.54) is 19.2 Å². The standard InChI is InChI=1S/C19H25N3O7/c1-6-28-17-12(22(25)26)8-11(9-13(17)27-5)16-14(18(23)29-7-2)15(10(3)4)20-19(24)21-16/h8-10,16H,6-7H2,1-5H3,(H2,20,21,24). The van der Waals surface area contributed by atoms with Crippen molar-refractivity contribution in [2.24, 2.45) is 5.92 Å². The first-order valence-electron chi connectivity index (χ1n) is 9.22. The lowest BCUT2D eigenvalue weighted by Gasteiger charge is -2.31. The van der Waals surface area contributed by atoms with E-state index in [1.54, 1.807) is 13.8 Å². The summed E-state index contributed by atoms with van der Waals surface area (Å²) in [6.45, 7) is 7.34. The number of hydrogen-bond donors (Lipinski definition) is 2. The number of nitro benzene ring substituents is 1. The molecule has 0 aromatic heterocycles. The SMILES string of the molecule is CCOC(=O)C1=C(C(C)C)NC(=O)NC1c1cc(OC)c(OCC)c([N+](=O)[O-])c1. The number of amides is 2. The van der Waals surface area contributed by atoms with Crippen LogP contribution < -0.4 is 20.1 Å². The summed E-state index contributed by atoms with van der Waals surface area (Å²) in [4.78, 5) is 35.9. The molecule has 2 N–H and O–H groups in total. The van der Waals surface area contributed by atoms with Gasteiger partial charge in [0.15, 0.2) is 5.75 Å². The second-order valence-corrected chi connectivity index (χ2v) is 6.50. The predicted octanol–water partition coefficient (Wildman–Crippen LogP) is 2.83. The molecule has 158 valence electrons. The predicted molar refractivity (Wildman–Crippen MR) is 104 cm³/mol. The van der Waals surface area contributed by atoms with Crippen LogP contribution >= 0.6 is 0 Å². The van der Waals surface area contributed by atoms with Crippen LogP contribution in [0.1, 0.15) is 39.3 Å². The van der Waals surface area contributed by atoms with Crippen LogP contribution in [0.15, 0.2) is 23.4 Å². The average Bonchev–Trinajstić information content (AvgIpc) is 2.67. The number of esters is 1. The van der Waals surface area contributed by atoms with Gasteiger partial charge in [0.2, 0.25) is 5.75 Å². The largest absolute Gasteiger partial charge is 0.493 e. The zero-order valence-corrected chi connectivity index (χ0v) is 17.0. The van der Waals surface area contributed by atoms with E-state index in [9.17, 15) is 19.7 Å². The number of methoxy groups -OCH3 is 1. The molecule has 0 saturated carbocycles. The molecule has 0 aliphatic carbocycles. The lowest BCUT2D eigenvalue weighted by Crippen LogP contribution is -2.47. The van der Waals surface area contributed by atoms with Crippen molar-refractivity contribution in [2.45, 2.75) is 33.7 Å². The Labute approximate surface area is 168 Å². The number of nitro groups is 1. The minimum atomic E-state index is -0.955. The number of ether oxygens (including phenoxy) is 3. The van der Waals surface area contributed by atoms with Crippen molar-refractivity contribution >= 4 is 17.7 Å². The number of hydrogen-bond acceptors (Lipinski definition) is 7. The van der Waals surface area contributed by atoms with Gasteiger partial charge >= 0.3 is 17.7 Å². The van der Waals surface area contributed by atoms with Gasteiger partial charge in [-0.1, -0.05) is 13.8 Å². The summed E-state index contributed by atoms with van der Waals surface area (Å²) in [5.74, 6) is -0.709. The van der Waals surface area contributed by atoms with E-state index < -0.39 is 23.0 Å². The third kappa shape index (κ3) is 4.58. The van der Waals surface area contributed by atoms with Gasteiger partial charge in [-0.2, -0.15) is 0 Å². The summed E-state index contributed by atoms with van der Waals surface area (Å²) in [6, 6.07) is 1.29. The van der Waals surface area contributed by atoms with E-state index >= 15 is 0 Å².